The number of benzene rings is 1. The van der Waals surface area contributed by atoms with Crippen LogP contribution in [0, 0.1) is 0 Å². The second kappa shape index (κ2) is 6.96. The van der Waals surface area contributed by atoms with Crippen molar-refractivity contribution in [2.75, 3.05) is 25.0 Å². The third-order valence-corrected chi connectivity index (χ3v) is 2.68. The van der Waals surface area contributed by atoms with Crippen LogP contribution >= 0.6 is 11.6 Å². The number of nitrogens with one attached hydrogen (secondary N) is 1. The van der Waals surface area contributed by atoms with Crippen LogP contribution in [-0.2, 0) is 16.1 Å². The van der Waals surface area contributed by atoms with E-state index in [1.54, 1.807) is 25.2 Å². The summed E-state index contributed by atoms with van der Waals surface area (Å²) in [6.07, 6.45) is 0. The second-order valence-corrected chi connectivity index (χ2v) is 4.53. The molecule has 6 nitrogen and oxygen atoms in total. The van der Waals surface area contributed by atoms with Gasteiger partial charge in [0.2, 0.25) is 11.8 Å². The number of nitrogens with two attached hydrogens (primary N) is 2. The molecule has 0 aliphatic carbocycles. The van der Waals surface area contributed by atoms with Gasteiger partial charge in [0.25, 0.3) is 0 Å². The van der Waals surface area contributed by atoms with Crippen LogP contribution in [0.2, 0.25) is 5.02 Å². The Morgan fingerprint density at radius 3 is 2.32 bits per heavy atom. The Balaban J connectivity index is 3.12. The first kappa shape index (κ1) is 15.3. The monoisotopic (exact) mass is 284 g/mol. The number of carbonyl (C=O) groups is 2. The van der Waals surface area contributed by atoms with Crippen LogP contribution in [0.5, 0.6) is 0 Å². The molecule has 0 heterocycles. The zero-order chi connectivity index (χ0) is 14.4. The van der Waals surface area contributed by atoms with Crippen molar-refractivity contribution in [3.63, 3.8) is 0 Å². The molecule has 0 aliphatic rings. The Morgan fingerprint density at radius 2 is 1.84 bits per heavy atom. The standard InChI is InChI=1S/C12H17ClN4O2/c1-16-5-8-4-9(13)2-3-10(8)17(6-11(14)18)7-12(15)19/h2-4,16H,5-7H2,1H3,(H2,14,18)(H2,15,19). The maximum Gasteiger partial charge on any atom is 0.236 e. The predicted octanol–water partition coefficient (Wildman–Crippen LogP) is -0.164. The van der Waals surface area contributed by atoms with Gasteiger partial charge in [-0.1, -0.05) is 11.6 Å². The van der Waals surface area contributed by atoms with E-state index in [1.807, 2.05) is 0 Å². The molecule has 0 saturated heterocycles. The molecule has 0 aliphatic heterocycles. The lowest BCUT2D eigenvalue weighted by atomic mass is 10.1. The van der Waals surface area contributed by atoms with Gasteiger partial charge in [-0.05, 0) is 30.8 Å². The number of nitrogens with zero attached hydrogens (tertiary/aromatic N) is 1. The SMILES string of the molecule is CNCc1cc(Cl)ccc1N(CC(N)=O)CC(N)=O. The molecule has 7 heteroatoms. The third-order valence-electron chi connectivity index (χ3n) is 2.44. The van der Waals surface area contributed by atoms with Crippen LogP contribution < -0.4 is 21.7 Å². The smallest absolute Gasteiger partial charge is 0.236 e. The molecule has 1 aromatic rings. The van der Waals surface area contributed by atoms with E-state index < -0.39 is 11.8 Å². The summed E-state index contributed by atoms with van der Waals surface area (Å²) in [5.41, 5.74) is 11.9. The van der Waals surface area contributed by atoms with Gasteiger partial charge in [-0.2, -0.15) is 0 Å². The Bertz CT molecular complexity index is 463. The molecule has 0 bridgehead atoms. The lowest BCUT2D eigenvalue weighted by molar-refractivity contribution is -0.117. The molecular formula is C12H17ClN4O2. The molecule has 2 amide bonds. The highest BCUT2D eigenvalue weighted by atomic mass is 35.5. The summed E-state index contributed by atoms with van der Waals surface area (Å²) in [6, 6.07) is 5.19. The minimum Gasteiger partial charge on any atom is -0.368 e. The van der Waals surface area contributed by atoms with Crippen LogP contribution in [0.15, 0.2) is 18.2 Å². The second-order valence-electron chi connectivity index (χ2n) is 4.09. The van der Waals surface area contributed by atoms with Crippen LogP contribution in [-0.4, -0.2) is 32.0 Å². The average Bonchev–Trinajstić information content (AvgIpc) is 2.27. The van der Waals surface area contributed by atoms with Gasteiger partial charge >= 0.3 is 0 Å². The van der Waals surface area contributed by atoms with Crippen molar-refractivity contribution in [1.82, 2.24) is 5.32 Å². The predicted molar refractivity (Wildman–Crippen MR) is 74.8 cm³/mol. The Labute approximate surface area is 116 Å². The average molecular weight is 285 g/mol. The molecule has 0 unspecified atom stereocenters. The van der Waals surface area contributed by atoms with E-state index in [0.29, 0.717) is 17.3 Å². The highest BCUT2D eigenvalue weighted by molar-refractivity contribution is 6.30. The first-order chi connectivity index (χ1) is 8.93. The molecule has 104 valence electrons. The number of rotatable bonds is 7. The van der Waals surface area contributed by atoms with Crippen LogP contribution in [0.25, 0.3) is 0 Å². The van der Waals surface area contributed by atoms with E-state index in [9.17, 15) is 9.59 Å². The lowest BCUT2D eigenvalue weighted by Crippen LogP contribution is -2.40. The summed E-state index contributed by atoms with van der Waals surface area (Å²) in [4.78, 5) is 23.7. The Morgan fingerprint density at radius 1 is 1.26 bits per heavy atom. The van der Waals surface area contributed by atoms with Crippen molar-refractivity contribution in [1.29, 1.82) is 0 Å². The van der Waals surface area contributed by atoms with Crippen molar-refractivity contribution in [2.24, 2.45) is 11.5 Å². The van der Waals surface area contributed by atoms with E-state index in [0.717, 1.165) is 5.56 Å². The van der Waals surface area contributed by atoms with E-state index in [2.05, 4.69) is 5.32 Å². The quantitative estimate of drug-likeness (QED) is 0.647. The van der Waals surface area contributed by atoms with Gasteiger partial charge in [0, 0.05) is 17.3 Å². The molecule has 0 spiro atoms. The fraction of sp³-hybridized carbons (Fsp3) is 0.333. The Kier molecular flexibility index (Phi) is 5.59. The van der Waals surface area contributed by atoms with Gasteiger partial charge in [0.15, 0.2) is 0 Å². The summed E-state index contributed by atoms with van der Waals surface area (Å²) in [6.45, 7) is 0.381. The highest BCUT2D eigenvalue weighted by Gasteiger charge is 2.15. The number of primary amides is 2. The first-order valence-electron chi connectivity index (χ1n) is 5.68. The molecule has 0 radical (unpaired) electrons. The highest BCUT2D eigenvalue weighted by Crippen LogP contribution is 2.24. The molecular weight excluding hydrogens is 268 g/mol. The van der Waals surface area contributed by atoms with E-state index >= 15 is 0 Å². The van der Waals surface area contributed by atoms with Gasteiger partial charge in [-0.3, -0.25) is 9.59 Å². The number of anilines is 1. The van der Waals surface area contributed by atoms with Gasteiger partial charge < -0.3 is 21.7 Å². The number of amides is 2. The van der Waals surface area contributed by atoms with Crippen molar-refractivity contribution >= 4 is 29.1 Å². The summed E-state index contributed by atoms with van der Waals surface area (Å²) < 4.78 is 0. The van der Waals surface area contributed by atoms with Gasteiger partial charge in [-0.15, -0.1) is 0 Å². The lowest BCUT2D eigenvalue weighted by Gasteiger charge is -2.24. The molecule has 19 heavy (non-hydrogen) atoms. The van der Waals surface area contributed by atoms with E-state index in [4.69, 9.17) is 23.1 Å². The van der Waals surface area contributed by atoms with Crippen molar-refractivity contribution < 1.29 is 9.59 Å². The maximum atomic E-state index is 11.1. The van der Waals surface area contributed by atoms with Crippen LogP contribution in [0.1, 0.15) is 5.56 Å². The van der Waals surface area contributed by atoms with Crippen molar-refractivity contribution in [3.8, 4) is 0 Å². The summed E-state index contributed by atoms with van der Waals surface area (Å²) in [5.74, 6) is -1.07. The zero-order valence-electron chi connectivity index (χ0n) is 10.6. The molecule has 5 N–H and O–H groups in total. The number of hydrogen-bond acceptors (Lipinski definition) is 4. The summed E-state index contributed by atoms with van der Waals surface area (Å²) in [5, 5.41) is 3.57. The van der Waals surface area contributed by atoms with Gasteiger partial charge in [0.1, 0.15) is 0 Å². The topological polar surface area (TPSA) is 101 Å². The van der Waals surface area contributed by atoms with E-state index in [-0.39, 0.29) is 13.1 Å². The van der Waals surface area contributed by atoms with Crippen LogP contribution in [0.4, 0.5) is 5.69 Å². The van der Waals surface area contributed by atoms with Gasteiger partial charge in [0.05, 0.1) is 13.1 Å². The normalized spacial score (nSPS) is 10.2. The van der Waals surface area contributed by atoms with Crippen LogP contribution in [0.3, 0.4) is 0 Å². The molecule has 0 fully saturated rings. The van der Waals surface area contributed by atoms with E-state index in [1.165, 1.54) is 4.90 Å². The first-order valence-corrected chi connectivity index (χ1v) is 6.06. The molecule has 0 saturated carbocycles. The largest absolute Gasteiger partial charge is 0.368 e. The minimum atomic E-state index is -0.536. The van der Waals surface area contributed by atoms with Crippen molar-refractivity contribution in [3.05, 3.63) is 28.8 Å². The van der Waals surface area contributed by atoms with Crippen molar-refractivity contribution in [2.45, 2.75) is 6.54 Å². The Hall–Kier alpha value is -1.79. The fourth-order valence-electron chi connectivity index (χ4n) is 1.80. The molecule has 1 aromatic carbocycles. The molecule has 0 atom stereocenters. The fourth-order valence-corrected chi connectivity index (χ4v) is 1.99. The summed E-state index contributed by atoms with van der Waals surface area (Å²) in [7, 11) is 1.79. The zero-order valence-corrected chi connectivity index (χ0v) is 11.4. The summed E-state index contributed by atoms with van der Waals surface area (Å²) >= 11 is 5.94. The number of hydrogen-bond donors (Lipinski definition) is 3. The maximum absolute atomic E-state index is 11.1. The van der Waals surface area contributed by atoms with Gasteiger partial charge in [-0.25, -0.2) is 0 Å². The molecule has 1 rings (SSSR count). The minimum absolute atomic E-state index is 0.0821. The number of carbonyl (C=O) groups excluding carboxylic acids is 2. The third kappa shape index (κ3) is 4.76. The molecule has 0 aromatic heterocycles. The number of halogens is 1.